The van der Waals surface area contributed by atoms with Crippen LogP contribution in [0, 0.1) is 5.92 Å². The summed E-state index contributed by atoms with van der Waals surface area (Å²) in [7, 11) is 7.12. The fourth-order valence-corrected chi connectivity index (χ4v) is 3.09. The van der Waals surface area contributed by atoms with E-state index >= 15 is 0 Å². The first-order valence-electron chi connectivity index (χ1n) is 10.3. The van der Waals surface area contributed by atoms with Crippen LogP contribution in [0.25, 0.3) is 0 Å². The predicted octanol–water partition coefficient (Wildman–Crippen LogP) is 3.64. The minimum absolute atomic E-state index is 0.0471. The molecule has 0 heterocycles. The van der Waals surface area contributed by atoms with Gasteiger partial charge in [-0.3, -0.25) is 9.59 Å². The molecule has 7 nitrogen and oxygen atoms in total. The summed E-state index contributed by atoms with van der Waals surface area (Å²) in [5.41, 5.74) is 3.20. The highest BCUT2D eigenvalue weighted by Gasteiger charge is 2.19. The average molecular weight is 428 g/mol. The van der Waals surface area contributed by atoms with Crippen molar-refractivity contribution in [3.05, 3.63) is 53.6 Å². The molecule has 0 aliphatic carbocycles. The number of nitrogens with zero attached hydrogens (tertiary/aromatic N) is 2. The van der Waals surface area contributed by atoms with E-state index in [1.54, 1.807) is 43.4 Å². The third kappa shape index (κ3) is 6.72. The quantitative estimate of drug-likeness (QED) is 0.627. The molecule has 0 unspecified atom stereocenters. The maximum atomic E-state index is 13.2. The number of carbonyl (C=O) groups is 2. The SMILES string of the molecule is COCCN(Cc1cc(NC(=O)C(C)C)ccc1N(C)C)C(=O)c1ccc(OC)cc1. The number of nitrogens with one attached hydrogen (secondary N) is 1. The molecule has 0 aliphatic heterocycles. The van der Waals surface area contributed by atoms with Gasteiger partial charge in [0, 0.05) is 57.2 Å². The van der Waals surface area contributed by atoms with Gasteiger partial charge in [0.2, 0.25) is 5.91 Å². The van der Waals surface area contributed by atoms with Gasteiger partial charge in [0.05, 0.1) is 13.7 Å². The molecule has 0 radical (unpaired) electrons. The first kappa shape index (κ1) is 24.2. The van der Waals surface area contributed by atoms with Crippen LogP contribution in [0.4, 0.5) is 11.4 Å². The lowest BCUT2D eigenvalue weighted by atomic mass is 10.1. The second-order valence-electron chi connectivity index (χ2n) is 7.83. The highest BCUT2D eigenvalue weighted by atomic mass is 16.5. The van der Waals surface area contributed by atoms with E-state index in [4.69, 9.17) is 9.47 Å². The number of hydrogen-bond donors (Lipinski definition) is 1. The van der Waals surface area contributed by atoms with Crippen LogP contribution in [0.3, 0.4) is 0 Å². The lowest BCUT2D eigenvalue weighted by Gasteiger charge is -2.26. The van der Waals surface area contributed by atoms with Crippen LogP contribution in [0.15, 0.2) is 42.5 Å². The van der Waals surface area contributed by atoms with Crippen molar-refractivity contribution in [2.24, 2.45) is 5.92 Å². The Hall–Kier alpha value is -3.06. The van der Waals surface area contributed by atoms with E-state index in [0.29, 0.717) is 36.7 Å². The third-order valence-corrected chi connectivity index (χ3v) is 4.90. The minimum atomic E-state index is -0.119. The van der Waals surface area contributed by atoms with Crippen LogP contribution < -0.4 is 15.0 Å². The highest BCUT2D eigenvalue weighted by Crippen LogP contribution is 2.26. The van der Waals surface area contributed by atoms with Gasteiger partial charge >= 0.3 is 0 Å². The number of hydrogen-bond acceptors (Lipinski definition) is 5. The average Bonchev–Trinajstić information content (AvgIpc) is 2.76. The minimum Gasteiger partial charge on any atom is -0.497 e. The van der Waals surface area contributed by atoms with Gasteiger partial charge in [0.1, 0.15) is 5.75 Å². The monoisotopic (exact) mass is 427 g/mol. The van der Waals surface area contributed by atoms with Gasteiger partial charge < -0.3 is 24.6 Å². The summed E-state index contributed by atoms with van der Waals surface area (Å²) in [5.74, 6) is 0.436. The zero-order valence-corrected chi connectivity index (χ0v) is 19.3. The zero-order valence-electron chi connectivity index (χ0n) is 19.3. The lowest BCUT2D eigenvalue weighted by Crippen LogP contribution is -2.34. The van der Waals surface area contributed by atoms with Crippen molar-refractivity contribution in [2.45, 2.75) is 20.4 Å². The largest absolute Gasteiger partial charge is 0.497 e. The highest BCUT2D eigenvalue weighted by molar-refractivity contribution is 5.95. The summed E-state index contributed by atoms with van der Waals surface area (Å²) in [6.45, 7) is 4.95. The van der Waals surface area contributed by atoms with Crippen LogP contribution in [0.5, 0.6) is 5.75 Å². The fourth-order valence-electron chi connectivity index (χ4n) is 3.09. The molecule has 0 saturated heterocycles. The zero-order chi connectivity index (χ0) is 23.0. The Morgan fingerprint density at radius 1 is 1.03 bits per heavy atom. The summed E-state index contributed by atoms with van der Waals surface area (Å²) in [6.07, 6.45) is 0. The summed E-state index contributed by atoms with van der Waals surface area (Å²) in [5, 5.41) is 2.94. The fraction of sp³-hybridized carbons (Fsp3) is 0.417. The molecule has 2 aromatic carbocycles. The topological polar surface area (TPSA) is 71.1 Å². The van der Waals surface area contributed by atoms with Gasteiger partial charge in [0.15, 0.2) is 0 Å². The summed E-state index contributed by atoms with van der Waals surface area (Å²) < 4.78 is 10.4. The molecule has 2 aromatic rings. The number of methoxy groups -OCH3 is 2. The van der Waals surface area contributed by atoms with Crippen molar-refractivity contribution < 1.29 is 19.1 Å². The number of anilines is 2. The van der Waals surface area contributed by atoms with Crippen molar-refractivity contribution >= 4 is 23.2 Å². The Kier molecular flexibility index (Phi) is 8.88. The van der Waals surface area contributed by atoms with Crippen LogP contribution in [-0.2, 0) is 16.1 Å². The predicted molar refractivity (Wildman–Crippen MR) is 124 cm³/mol. The van der Waals surface area contributed by atoms with E-state index in [1.807, 2.05) is 51.0 Å². The molecule has 0 atom stereocenters. The molecular weight excluding hydrogens is 394 g/mol. The van der Waals surface area contributed by atoms with E-state index in [-0.39, 0.29) is 17.7 Å². The molecular formula is C24H33N3O4. The smallest absolute Gasteiger partial charge is 0.254 e. The van der Waals surface area contributed by atoms with E-state index in [9.17, 15) is 9.59 Å². The molecule has 0 aliphatic rings. The molecule has 2 rings (SSSR count). The lowest BCUT2D eigenvalue weighted by molar-refractivity contribution is -0.118. The molecule has 168 valence electrons. The molecule has 0 spiro atoms. The molecule has 7 heteroatoms. The molecule has 0 fully saturated rings. The van der Waals surface area contributed by atoms with Crippen molar-refractivity contribution in [1.29, 1.82) is 0 Å². The molecule has 0 aromatic heterocycles. The van der Waals surface area contributed by atoms with Gasteiger partial charge in [-0.2, -0.15) is 0 Å². The molecule has 31 heavy (non-hydrogen) atoms. The van der Waals surface area contributed by atoms with Crippen molar-refractivity contribution in [2.75, 3.05) is 51.7 Å². The maximum absolute atomic E-state index is 13.2. The molecule has 2 amide bonds. The number of ether oxygens (including phenoxy) is 2. The second kappa shape index (κ2) is 11.4. The van der Waals surface area contributed by atoms with Crippen LogP contribution in [0.1, 0.15) is 29.8 Å². The van der Waals surface area contributed by atoms with Gasteiger partial charge in [-0.25, -0.2) is 0 Å². The van der Waals surface area contributed by atoms with E-state index in [1.165, 1.54) is 0 Å². The van der Waals surface area contributed by atoms with Crippen LogP contribution in [-0.4, -0.2) is 58.2 Å². The number of rotatable bonds is 10. The maximum Gasteiger partial charge on any atom is 0.254 e. The first-order chi connectivity index (χ1) is 14.8. The number of carbonyl (C=O) groups excluding carboxylic acids is 2. The summed E-state index contributed by atoms with van der Waals surface area (Å²) >= 11 is 0. The van der Waals surface area contributed by atoms with Gasteiger partial charge in [-0.15, -0.1) is 0 Å². The van der Waals surface area contributed by atoms with Crippen molar-refractivity contribution in [1.82, 2.24) is 4.90 Å². The van der Waals surface area contributed by atoms with E-state index in [0.717, 1.165) is 11.3 Å². The standard InChI is InChI=1S/C24H33N3O4/c1-17(2)23(28)25-20-9-12-22(26(3)4)19(15-20)16-27(13-14-30-5)24(29)18-7-10-21(31-6)11-8-18/h7-12,15,17H,13-14,16H2,1-6H3,(H,25,28). The Morgan fingerprint density at radius 3 is 2.26 bits per heavy atom. The summed E-state index contributed by atoms with van der Waals surface area (Å²) in [4.78, 5) is 29.1. The van der Waals surface area contributed by atoms with Crippen molar-refractivity contribution in [3.63, 3.8) is 0 Å². The first-order valence-corrected chi connectivity index (χ1v) is 10.3. The molecule has 1 N–H and O–H groups in total. The van der Waals surface area contributed by atoms with Crippen LogP contribution in [0.2, 0.25) is 0 Å². The Bertz CT molecular complexity index is 879. The Labute approximate surface area is 184 Å². The molecule has 0 saturated carbocycles. The van der Waals surface area contributed by atoms with Gasteiger partial charge in [0.25, 0.3) is 5.91 Å². The van der Waals surface area contributed by atoms with E-state index < -0.39 is 0 Å². The second-order valence-corrected chi connectivity index (χ2v) is 7.83. The molecule has 0 bridgehead atoms. The Balaban J connectivity index is 2.34. The number of benzene rings is 2. The van der Waals surface area contributed by atoms with Gasteiger partial charge in [-0.05, 0) is 48.0 Å². The van der Waals surface area contributed by atoms with Gasteiger partial charge in [-0.1, -0.05) is 13.8 Å². The summed E-state index contributed by atoms with van der Waals surface area (Å²) in [6, 6.07) is 12.8. The Morgan fingerprint density at radius 2 is 1.71 bits per heavy atom. The third-order valence-electron chi connectivity index (χ3n) is 4.90. The van der Waals surface area contributed by atoms with Crippen molar-refractivity contribution in [3.8, 4) is 5.75 Å². The van der Waals surface area contributed by atoms with Crippen LogP contribution >= 0.6 is 0 Å². The normalized spacial score (nSPS) is 10.7. The number of amides is 2. The van der Waals surface area contributed by atoms with E-state index in [2.05, 4.69) is 5.32 Å².